The Labute approximate surface area is 117 Å². The summed E-state index contributed by atoms with van der Waals surface area (Å²) in [7, 11) is 1.30. The third kappa shape index (κ3) is 2.76. The Balaban J connectivity index is 2.15. The number of ether oxygens (including phenoxy) is 2. The second kappa shape index (κ2) is 5.94. The van der Waals surface area contributed by atoms with Gasteiger partial charge in [0.05, 0.1) is 19.9 Å². The van der Waals surface area contributed by atoms with Gasteiger partial charge in [0, 0.05) is 13.0 Å². The van der Waals surface area contributed by atoms with Crippen LogP contribution in [0, 0.1) is 5.92 Å². The lowest BCUT2D eigenvalue weighted by molar-refractivity contribution is -0.144. The Bertz CT molecular complexity index is 510. The summed E-state index contributed by atoms with van der Waals surface area (Å²) >= 11 is 0. The van der Waals surface area contributed by atoms with Crippen LogP contribution in [0.2, 0.25) is 0 Å². The second-order valence-corrected chi connectivity index (χ2v) is 5.01. The van der Waals surface area contributed by atoms with Gasteiger partial charge in [0.25, 0.3) is 5.91 Å². The van der Waals surface area contributed by atoms with E-state index in [1.54, 1.807) is 4.68 Å². The predicted octanol–water partition coefficient (Wildman–Crippen LogP) is 0.593. The number of fused-ring (bicyclic) bond motifs is 1. The van der Waals surface area contributed by atoms with E-state index in [9.17, 15) is 9.59 Å². The number of hydrogen-bond donors (Lipinski definition) is 1. The van der Waals surface area contributed by atoms with Gasteiger partial charge in [-0.3, -0.25) is 4.79 Å². The fraction of sp³-hybridized carbons (Fsp3) is 0.615. The van der Waals surface area contributed by atoms with E-state index in [0.717, 1.165) is 13.0 Å². The van der Waals surface area contributed by atoms with Gasteiger partial charge < -0.3 is 14.8 Å². The molecule has 0 aromatic carbocycles. The molecule has 110 valence electrons. The van der Waals surface area contributed by atoms with Crippen molar-refractivity contribution in [2.75, 3.05) is 13.7 Å². The molecule has 20 heavy (non-hydrogen) atoms. The lowest BCUT2D eigenvalue weighted by Crippen LogP contribution is -2.45. The molecule has 7 heteroatoms. The molecule has 0 saturated carbocycles. The molecule has 1 aliphatic rings. The molecule has 1 aromatic rings. The predicted molar refractivity (Wildman–Crippen MR) is 70.4 cm³/mol. The normalized spacial score (nSPS) is 15.2. The molecule has 7 nitrogen and oxygen atoms in total. The van der Waals surface area contributed by atoms with E-state index >= 15 is 0 Å². The van der Waals surface area contributed by atoms with Gasteiger partial charge >= 0.3 is 5.97 Å². The highest BCUT2D eigenvalue weighted by Gasteiger charge is 2.28. The number of aromatic nitrogens is 2. The van der Waals surface area contributed by atoms with Gasteiger partial charge in [-0.25, -0.2) is 9.48 Å². The van der Waals surface area contributed by atoms with Crippen LogP contribution in [0.15, 0.2) is 6.20 Å². The zero-order valence-electron chi connectivity index (χ0n) is 11.9. The number of methoxy groups -OCH3 is 1. The summed E-state index contributed by atoms with van der Waals surface area (Å²) in [6.45, 7) is 4.97. The minimum Gasteiger partial charge on any atom is -0.477 e. The summed E-state index contributed by atoms with van der Waals surface area (Å²) in [5.74, 6) is -0.451. The molecule has 2 rings (SSSR count). The Morgan fingerprint density at radius 1 is 1.50 bits per heavy atom. The van der Waals surface area contributed by atoms with Crippen molar-refractivity contribution in [2.24, 2.45) is 5.92 Å². The lowest BCUT2D eigenvalue weighted by Gasteiger charge is -2.20. The van der Waals surface area contributed by atoms with Gasteiger partial charge in [0.15, 0.2) is 0 Å². The molecule has 1 aliphatic heterocycles. The standard InChI is InChI=1S/C13H19N3O4/c1-8(2)10(13(18)19-3)15-11(17)9-7-14-16-5-4-6-20-12(9)16/h7-8,10H,4-6H2,1-3H3,(H,15,17). The molecule has 2 heterocycles. The van der Waals surface area contributed by atoms with Crippen LogP contribution < -0.4 is 10.1 Å². The van der Waals surface area contributed by atoms with Crippen LogP contribution in [0.5, 0.6) is 5.88 Å². The zero-order chi connectivity index (χ0) is 14.7. The molecule has 0 aliphatic carbocycles. The van der Waals surface area contributed by atoms with Crippen LogP contribution in [-0.2, 0) is 16.1 Å². The molecule has 0 fully saturated rings. The van der Waals surface area contributed by atoms with Crippen LogP contribution in [0.4, 0.5) is 0 Å². The smallest absolute Gasteiger partial charge is 0.328 e. The number of amides is 1. The van der Waals surface area contributed by atoms with Crippen molar-refractivity contribution in [1.29, 1.82) is 0 Å². The number of hydrogen-bond acceptors (Lipinski definition) is 5. The quantitative estimate of drug-likeness (QED) is 0.817. The summed E-state index contributed by atoms with van der Waals surface area (Å²) in [4.78, 5) is 23.9. The first-order valence-electron chi connectivity index (χ1n) is 6.62. The zero-order valence-corrected chi connectivity index (χ0v) is 11.9. The van der Waals surface area contributed by atoms with Crippen molar-refractivity contribution in [3.05, 3.63) is 11.8 Å². The van der Waals surface area contributed by atoms with Gasteiger partial charge in [-0.2, -0.15) is 5.10 Å². The molecule has 1 unspecified atom stereocenters. The first kappa shape index (κ1) is 14.4. The summed E-state index contributed by atoms with van der Waals surface area (Å²) < 4.78 is 11.8. The number of nitrogens with zero attached hydrogens (tertiary/aromatic N) is 2. The fourth-order valence-electron chi connectivity index (χ4n) is 2.07. The molecule has 0 saturated heterocycles. The number of nitrogens with one attached hydrogen (secondary N) is 1. The largest absolute Gasteiger partial charge is 0.477 e. The van der Waals surface area contributed by atoms with E-state index in [0.29, 0.717) is 18.1 Å². The lowest BCUT2D eigenvalue weighted by atomic mass is 10.0. The second-order valence-electron chi connectivity index (χ2n) is 5.01. The first-order valence-corrected chi connectivity index (χ1v) is 6.62. The minimum absolute atomic E-state index is 0.0706. The van der Waals surface area contributed by atoms with Gasteiger partial charge in [0.2, 0.25) is 5.88 Å². The van der Waals surface area contributed by atoms with Crippen molar-refractivity contribution in [1.82, 2.24) is 15.1 Å². The maximum Gasteiger partial charge on any atom is 0.328 e. The number of carbonyl (C=O) groups is 2. The van der Waals surface area contributed by atoms with E-state index in [1.807, 2.05) is 13.8 Å². The summed E-state index contributed by atoms with van der Waals surface area (Å²) in [5.41, 5.74) is 0.347. The SMILES string of the molecule is COC(=O)C(NC(=O)c1cnn2c1OCCC2)C(C)C. The molecule has 0 spiro atoms. The Kier molecular flexibility index (Phi) is 4.26. The highest BCUT2D eigenvalue weighted by molar-refractivity contribution is 5.98. The van der Waals surface area contributed by atoms with Gasteiger partial charge in [-0.05, 0) is 5.92 Å². The Hall–Kier alpha value is -2.05. The Morgan fingerprint density at radius 2 is 2.25 bits per heavy atom. The van der Waals surface area contributed by atoms with Crippen molar-refractivity contribution in [3.8, 4) is 5.88 Å². The van der Waals surface area contributed by atoms with Crippen molar-refractivity contribution >= 4 is 11.9 Å². The topological polar surface area (TPSA) is 82.5 Å². The molecule has 1 atom stereocenters. The highest BCUT2D eigenvalue weighted by atomic mass is 16.5. The average molecular weight is 281 g/mol. The van der Waals surface area contributed by atoms with Crippen LogP contribution in [0.1, 0.15) is 30.6 Å². The molecular formula is C13H19N3O4. The number of aryl methyl sites for hydroxylation is 1. The molecule has 1 N–H and O–H groups in total. The number of carbonyl (C=O) groups excluding carboxylic acids is 2. The van der Waals surface area contributed by atoms with Crippen LogP contribution in [0.25, 0.3) is 0 Å². The highest BCUT2D eigenvalue weighted by Crippen LogP contribution is 2.22. The monoisotopic (exact) mass is 281 g/mol. The van der Waals surface area contributed by atoms with E-state index in [1.165, 1.54) is 13.3 Å². The van der Waals surface area contributed by atoms with Crippen molar-refractivity contribution in [2.45, 2.75) is 32.9 Å². The first-order chi connectivity index (χ1) is 9.54. The van der Waals surface area contributed by atoms with E-state index in [-0.39, 0.29) is 11.8 Å². The molecule has 1 amide bonds. The molecular weight excluding hydrogens is 262 g/mol. The van der Waals surface area contributed by atoms with Crippen molar-refractivity contribution in [3.63, 3.8) is 0 Å². The average Bonchev–Trinajstić information content (AvgIpc) is 2.87. The summed E-state index contributed by atoms with van der Waals surface area (Å²) in [6, 6.07) is -0.688. The Morgan fingerprint density at radius 3 is 2.90 bits per heavy atom. The van der Waals surface area contributed by atoms with Crippen LogP contribution in [-0.4, -0.2) is 41.4 Å². The fourth-order valence-corrected chi connectivity index (χ4v) is 2.07. The van der Waals surface area contributed by atoms with Gasteiger partial charge in [0.1, 0.15) is 11.6 Å². The minimum atomic E-state index is -0.688. The van der Waals surface area contributed by atoms with Crippen LogP contribution >= 0.6 is 0 Å². The summed E-state index contributed by atoms with van der Waals surface area (Å²) in [5, 5.41) is 6.78. The molecule has 0 radical (unpaired) electrons. The molecule has 1 aromatic heterocycles. The van der Waals surface area contributed by atoms with E-state index in [4.69, 9.17) is 9.47 Å². The third-order valence-corrected chi connectivity index (χ3v) is 3.20. The van der Waals surface area contributed by atoms with Gasteiger partial charge in [-0.1, -0.05) is 13.8 Å². The molecule has 0 bridgehead atoms. The third-order valence-electron chi connectivity index (χ3n) is 3.20. The number of rotatable bonds is 4. The van der Waals surface area contributed by atoms with Crippen molar-refractivity contribution < 1.29 is 19.1 Å². The van der Waals surface area contributed by atoms with Gasteiger partial charge in [-0.15, -0.1) is 0 Å². The van der Waals surface area contributed by atoms with Crippen LogP contribution in [0.3, 0.4) is 0 Å². The maximum absolute atomic E-state index is 12.3. The maximum atomic E-state index is 12.3. The summed E-state index contributed by atoms with van der Waals surface area (Å²) in [6.07, 6.45) is 2.33. The number of esters is 1. The van der Waals surface area contributed by atoms with E-state index < -0.39 is 12.0 Å². The van der Waals surface area contributed by atoms with E-state index in [2.05, 4.69) is 10.4 Å².